The van der Waals surface area contributed by atoms with Gasteiger partial charge in [0, 0.05) is 18.8 Å². The van der Waals surface area contributed by atoms with Crippen LogP contribution in [0.5, 0.6) is 0 Å². The number of hydrogen-bond acceptors (Lipinski definition) is 4. The number of fused-ring (bicyclic) bond motifs is 3. The van der Waals surface area contributed by atoms with Crippen LogP contribution >= 0.6 is 0 Å². The van der Waals surface area contributed by atoms with Crippen molar-refractivity contribution in [3.63, 3.8) is 0 Å². The van der Waals surface area contributed by atoms with Gasteiger partial charge in [0.1, 0.15) is 6.54 Å². The number of H-pyrrole nitrogens is 1. The van der Waals surface area contributed by atoms with Crippen LogP contribution in [0.2, 0.25) is 0 Å². The molecule has 0 spiro atoms. The van der Waals surface area contributed by atoms with Gasteiger partial charge in [-0.2, -0.15) is 0 Å². The fourth-order valence-electron chi connectivity index (χ4n) is 2.36. The van der Waals surface area contributed by atoms with E-state index in [1.165, 1.54) is 31.6 Å². The Balaban J connectivity index is 1.69. The zero-order valence-electron chi connectivity index (χ0n) is 8.35. The minimum Gasteiger partial charge on any atom is -0.330 e. The number of piperidine rings is 3. The predicted octanol–water partition coefficient (Wildman–Crippen LogP) is -1.13. The second-order valence-corrected chi connectivity index (χ2v) is 4.10. The molecule has 4 heterocycles. The van der Waals surface area contributed by atoms with Crippen LogP contribution in [0.3, 0.4) is 0 Å². The highest BCUT2D eigenvalue weighted by molar-refractivity contribution is 5.89. The van der Waals surface area contributed by atoms with Gasteiger partial charge in [-0.3, -0.25) is 20.8 Å². The van der Waals surface area contributed by atoms with Gasteiger partial charge in [-0.25, -0.2) is 5.10 Å². The number of nitrogens with one attached hydrogen (secondary N) is 2. The van der Waals surface area contributed by atoms with E-state index in [-0.39, 0.29) is 0 Å². The highest BCUT2D eigenvalue weighted by atomic mass is 15.5. The molecule has 0 unspecified atom stereocenters. The summed E-state index contributed by atoms with van der Waals surface area (Å²) in [5.41, 5.74) is 5.17. The zero-order chi connectivity index (χ0) is 10.1. The fourth-order valence-corrected chi connectivity index (χ4v) is 2.36. The lowest BCUT2D eigenvalue weighted by Crippen LogP contribution is -3.16. The van der Waals surface area contributed by atoms with Crippen LogP contribution in [0.1, 0.15) is 12.8 Å². The van der Waals surface area contributed by atoms with Crippen molar-refractivity contribution in [1.29, 1.82) is 0 Å². The molecule has 0 aliphatic carbocycles. The molecule has 4 rings (SSSR count). The Morgan fingerprint density at radius 2 is 2.27 bits per heavy atom. The van der Waals surface area contributed by atoms with Crippen molar-refractivity contribution >= 4 is 11.7 Å². The van der Waals surface area contributed by atoms with Crippen molar-refractivity contribution in [2.45, 2.75) is 12.8 Å². The summed E-state index contributed by atoms with van der Waals surface area (Å²) in [6.07, 6.45) is 2.49. The topological polar surface area (TPSA) is 85.4 Å². The summed E-state index contributed by atoms with van der Waals surface area (Å²) in [5, 5.41) is 17.5. The largest absolute Gasteiger partial charge is 0.330 e. The Labute approximate surface area is 86.9 Å². The zero-order valence-corrected chi connectivity index (χ0v) is 8.35. The molecule has 2 bridgehead atoms. The minimum atomic E-state index is 0.314. The van der Waals surface area contributed by atoms with Crippen LogP contribution < -0.4 is 4.90 Å². The summed E-state index contributed by atoms with van der Waals surface area (Å²) < 4.78 is 0. The molecule has 2 N–H and O–H groups in total. The molecule has 0 aromatic carbocycles. The van der Waals surface area contributed by atoms with Crippen molar-refractivity contribution in [1.82, 2.24) is 20.6 Å². The molecule has 0 radical (unpaired) electrons. The lowest BCUT2D eigenvalue weighted by molar-refractivity contribution is -0.902. The molecule has 0 amide bonds. The van der Waals surface area contributed by atoms with Crippen LogP contribution in [0.25, 0.3) is 5.43 Å². The van der Waals surface area contributed by atoms with Gasteiger partial charge >= 0.3 is 0 Å². The Morgan fingerprint density at radius 3 is 2.87 bits per heavy atom. The smallest absolute Gasteiger partial charge is 0.117 e. The second kappa shape index (κ2) is 3.58. The fraction of sp³-hybridized carbons (Fsp3) is 0.750. The Hall–Kier alpha value is -1.50. The number of hydrogen-bond donors (Lipinski definition) is 2. The molecule has 0 atom stereocenters. The number of aromatic amines is 1. The third-order valence-corrected chi connectivity index (χ3v) is 3.20. The van der Waals surface area contributed by atoms with Crippen LogP contribution in [0, 0.1) is 5.92 Å². The van der Waals surface area contributed by atoms with E-state index in [1.54, 1.807) is 4.90 Å². The normalized spacial score (nSPS) is 32.1. The van der Waals surface area contributed by atoms with E-state index in [0.717, 1.165) is 6.54 Å². The summed E-state index contributed by atoms with van der Waals surface area (Å²) in [4.78, 5) is 1.62. The Kier molecular flexibility index (Phi) is 2.09. The summed E-state index contributed by atoms with van der Waals surface area (Å²) in [6.45, 7) is 3.60. The minimum absolute atomic E-state index is 0.314. The molecule has 1 aromatic rings. The summed E-state index contributed by atoms with van der Waals surface area (Å²) in [7, 11) is 0. The maximum absolute atomic E-state index is 4.24. The van der Waals surface area contributed by atoms with E-state index in [0.29, 0.717) is 11.9 Å². The number of nitrogens with zero attached hydrogens (tertiary/aromatic N) is 5. The van der Waals surface area contributed by atoms with E-state index in [1.807, 2.05) is 0 Å². The Bertz CT molecular complexity index is 349. The van der Waals surface area contributed by atoms with Crippen LogP contribution in [0.15, 0.2) is 5.10 Å². The first-order chi connectivity index (χ1) is 7.42. The molecule has 7 heteroatoms. The summed E-state index contributed by atoms with van der Waals surface area (Å²) in [6, 6.07) is 0. The molecule has 7 nitrogen and oxygen atoms in total. The number of aromatic nitrogens is 4. The van der Waals surface area contributed by atoms with E-state index in [9.17, 15) is 0 Å². The third-order valence-electron chi connectivity index (χ3n) is 3.20. The molecule has 15 heavy (non-hydrogen) atoms. The Morgan fingerprint density at radius 1 is 1.40 bits per heavy atom. The van der Waals surface area contributed by atoms with Gasteiger partial charge in [-0.15, -0.1) is 5.21 Å². The van der Waals surface area contributed by atoms with Gasteiger partial charge < -0.3 is 4.90 Å². The first-order valence-electron chi connectivity index (χ1n) is 5.26. The average molecular weight is 207 g/mol. The van der Waals surface area contributed by atoms with E-state index < -0.39 is 0 Å². The monoisotopic (exact) mass is 207 g/mol. The molecule has 3 aliphatic heterocycles. The van der Waals surface area contributed by atoms with E-state index >= 15 is 0 Å². The summed E-state index contributed by atoms with van der Waals surface area (Å²) >= 11 is 0. The average Bonchev–Trinajstić information content (AvgIpc) is 2.81. The van der Waals surface area contributed by atoms with Crippen molar-refractivity contribution in [3.05, 3.63) is 5.43 Å². The highest BCUT2D eigenvalue weighted by Gasteiger charge is 2.33. The lowest BCUT2D eigenvalue weighted by Gasteiger charge is -2.36. The summed E-state index contributed by atoms with van der Waals surface area (Å²) in [5.74, 6) is 0.951. The van der Waals surface area contributed by atoms with E-state index in [4.69, 9.17) is 0 Å². The van der Waals surface area contributed by atoms with Gasteiger partial charge in [0.2, 0.25) is 0 Å². The van der Waals surface area contributed by atoms with Crippen molar-refractivity contribution in [2.24, 2.45) is 11.0 Å². The first kappa shape index (κ1) is 8.78. The van der Waals surface area contributed by atoms with Crippen molar-refractivity contribution in [3.8, 4) is 0 Å². The third kappa shape index (κ3) is 1.70. The molecule has 3 saturated heterocycles. The molecule has 80 valence electrons. The maximum Gasteiger partial charge on any atom is 0.117 e. The molecule has 1 aromatic heterocycles. The van der Waals surface area contributed by atoms with Crippen LogP contribution in [-0.2, 0) is 0 Å². The number of quaternary nitrogens is 1. The van der Waals surface area contributed by atoms with Gasteiger partial charge in [-0.05, 0) is 0 Å². The molecule has 0 saturated carbocycles. The van der Waals surface area contributed by atoms with Crippen LogP contribution in [-0.4, -0.2) is 46.0 Å². The number of rotatable bonds is 2. The van der Waals surface area contributed by atoms with Crippen LogP contribution in [0.4, 0.5) is 5.95 Å². The maximum atomic E-state index is 4.24. The quantitative estimate of drug-likeness (QED) is 0.602. The van der Waals surface area contributed by atoms with Crippen molar-refractivity contribution in [2.75, 3.05) is 19.6 Å². The SMILES string of the molecule is C1C[NH+]2CCC1/C(=N\[N-]c1nn[nH]n1)C2. The second-order valence-electron chi connectivity index (χ2n) is 4.10. The van der Waals surface area contributed by atoms with Gasteiger partial charge in [0.15, 0.2) is 0 Å². The molecular formula is C8H13N7. The first-order valence-corrected chi connectivity index (χ1v) is 5.26. The van der Waals surface area contributed by atoms with Gasteiger partial charge in [0.25, 0.3) is 0 Å². The molecule has 3 fully saturated rings. The highest BCUT2D eigenvalue weighted by Crippen LogP contribution is 2.18. The molecular weight excluding hydrogens is 194 g/mol. The number of tetrazole rings is 1. The predicted molar refractivity (Wildman–Crippen MR) is 52.9 cm³/mol. The van der Waals surface area contributed by atoms with Gasteiger partial charge in [0.05, 0.1) is 24.7 Å². The van der Waals surface area contributed by atoms with Crippen molar-refractivity contribution < 1.29 is 4.90 Å². The van der Waals surface area contributed by atoms with E-state index in [2.05, 4.69) is 31.2 Å². The standard InChI is InChI=1S/C8H12N7/c1-3-15-4-2-6(1)7(5-15)9-10-8-11-13-14-12-8/h6H,1-5H2,(H-,10,11,12,13,14)/q-1/p+1/b9-7-. The molecule has 3 aliphatic rings. The van der Waals surface area contributed by atoms with Gasteiger partial charge in [-0.1, -0.05) is 0 Å². The lowest BCUT2D eigenvalue weighted by atomic mass is 9.87.